The third kappa shape index (κ3) is 3.22. The predicted molar refractivity (Wildman–Crippen MR) is 92.4 cm³/mol. The van der Waals surface area contributed by atoms with Gasteiger partial charge >= 0.3 is 0 Å². The van der Waals surface area contributed by atoms with E-state index in [-0.39, 0.29) is 6.10 Å². The molecule has 1 aliphatic carbocycles. The highest BCUT2D eigenvalue weighted by atomic mass is 32.1. The summed E-state index contributed by atoms with van der Waals surface area (Å²) in [5, 5.41) is 15.3. The van der Waals surface area contributed by atoms with Gasteiger partial charge in [-0.05, 0) is 19.8 Å². The Kier molecular flexibility index (Phi) is 4.26. The molecule has 2 aliphatic rings. The number of fused-ring (bicyclic) bond motifs is 1. The maximum absolute atomic E-state index is 9.49. The molecule has 3 heterocycles. The molecule has 0 spiro atoms. The molecule has 0 bridgehead atoms. The number of anilines is 1. The van der Waals surface area contributed by atoms with Crippen LogP contribution in [-0.2, 0) is 0 Å². The molecule has 7 heteroatoms. The molecule has 0 radical (unpaired) electrons. The molecule has 2 fully saturated rings. The van der Waals surface area contributed by atoms with E-state index in [2.05, 4.69) is 16.0 Å². The average Bonchev–Trinajstić information content (AvgIpc) is 3.22. The van der Waals surface area contributed by atoms with Crippen LogP contribution in [0.5, 0.6) is 0 Å². The molecule has 0 amide bonds. The van der Waals surface area contributed by atoms with Gasteiger partial charge in [-0.25, -0.2) is 9.50 Å². The monoisotopic (exact) mass is 335 g/mol. The van der Waals surface area contributed by atoms with E-state index in [0.717, 1.165) is 42.8 Å². The fourth-order valence-corrected chi connectivity index (χ4v) is 4.69. The van der Waals surface area contributed by atoms with Gasteiger partial charge in [-0.3, -0.25) is 4.90 Å². The van der Waals surface area contributed by atoms with Crippen molar-refractivity contribution in [1.29, 1.82) is 0 Å². The van der Waals surface area contributed by atoms with Crippen LogP contribution in [0.25, 0.3) is 4.96 Å². The number of imidazole rings is 1. The maximum Gasteiger partial charge on any atom is 0.214 e. The highest BCUT2D eigenvalue weighted by molar-refractivity contribution is 7.20. The highest BCUT2D eigenvalue weighted by Crippen LogP contribution is 2.34. The minimum atomic E-state index is -0.251. The van der Waals surface area contributed by atoms with Crippen LogP contribution < -0.4 is 4.90 Å². The molecule has 2 aromatic heterocycles. The number of β-amino-alcohol motifs (C(OH)–C–C–N with tert-alkyl or cyclic N) is 1. The third-order valence-electron chi connectivity index (χ3n) is 4.99. The van der Waals surface area contributed by atoms with Crippen molar-refractivity contribution in [1.82, 2.24) is 19.5 Å². The fraction of sp³-hybridized carbons (Fsp3) is 0.750. The van der Waals surface area contributed by atoms with Crippen molar-refractivity contribution in [2.75, 3.05) is 37.6 Å². The molecule has 0 aromatic carbocycles. The van der Waals surface area contributed by atoms with E-state index in [0.29, 0.717) is 5.92 Å². The molecule has 1 atom stereocenters. The van der Waals surface area contributed by atoms with E-state index in [9.17, 15) is 5.11 Å². The van der Waals surface area contributed by atoms with Crippen molar-refractivity contribution >= 4 is 21.4 Å². The second-order valence-corrected chi connectivity index (χ2v) is 7.83. The van der Waals surface area contributed by atoms with Gasteiger partial charge in [0.2, 0.25) is 10.1 Å². The number of piperazine rings is 1. The number of aromatic nitrogens is 3. The van der Waals surface area contributed by atoms with E-state index in [1.807, 2.05) is 11.4 Å². The molecule has 2 aromatic rings. The molecular weight excluding hydrogens is 310 g/mol. The minimum absolute atomic E-state index is 0.251. The van der Waals surface area contributed by atoms with Crippen LogP contribution in [0.4, 0.5) is 5.13 Å². The van der Waals surface area contributed by atoms with E-state index in [1.165, 1.54) is 31.4 Å². The lowest BCUT2D eigenvalue weighted by Gasteiger charge is -2.34. The molecule has 126 valence electrons. The van der Waals surface area contributed by atoms with E-state index in [1.54, 1.807) is 11.3 Å². The van der Waals surface area contributed by atoms with Crippen LogP contribution in [0.1, 0.15) is 44.2 Å². The van der Waals surface area contributed by atoms with Gasteiger partial charge in [0.15, 0.2) is 0 Å². The van der Waals surface area contributed by atoms with Gasteiger partial charge in [-0.2, -0.15) is 0 Å². The maximum atomic E-state index is 9.49. The first-order valence-electron chi connectivity index (χ1n) is 8.70. The zero-order chi connectivity index (χ0) is 15.8. The predicted octanol–water partition coefficient (Wildman–Crippen LogP) is 1.95. The number of hydrogen-bond donors (Lipinski definition) is 1. The summed E-state index contributed by atoms with van der Waals surface area (Å²) < 4.78 is 1.97. The highest BCUT2D eigenvalue weighted by Gasteiger charge is 2.23. The largest absolute Gasteiger partial charge is 0.392 e. The molecule has 1 aliphatic heterocycles. The van der Waals surface area contributed by atoms with Crippen LogP contribution in [-0.4, -0.2) is 63.4 Å². The topological polar surface area (TPSA) is 56.9 Å². The molecule has 1 saturated heterocycles. The molecule has 1 N–H and O–H groups in total. The molecule has 23 heavy (non-hydrogen) atoms. The summed E-state index contributed by atoms with van der Waals surface area (Å²) in [5.74, 6) is 0.649. The van der Waals surface area contributed by atoms with Crippen molar-refractivity contribution in [3.8, 4) is 0 Å². The average molecular weight is 335 g/mol. The summed E-state index contributed by atoms with van der Waals surface area (Å²) in [4.78, 5) is 10.5. The van der Waals surface area contributed by atoms with Gasteiger partial charge < -0.3 is 10.0 Å². The second kappa shape index (κ2) is 6.37. The van der Waals surface area contributed by atoms with Gasteiger partial charge in [0.25, 0.3) is 0 Å². The Morgan fingerprint density at radius 2 is 2.00 bits per heavy atom. The summed E-state index contributed by atoms with van der Waals surface area (Å²) in [6, 6.07) is 0. The second-order valence-electron chi connectivity index (χ2n) is 6.90. The molecule has 0 unspecified atom stereocenters. The minimum Gasteiger partial charge on any atom is -0.392 e. The van der Waals surface area contributed by atoms with Crippen LogP contribution in [0.2, 0.25) is 0 Å². The first kappa shape index (κ1) is 15.4. The van der Waals surface area contributed by atoms with Crippen molar-refractivity contribution in [3.63, 3.8) is 0 Å². The Balaban J connectivity index is 1.42. The third-order valence-corrected chi connectivity index (χ3v) is 5.97. The van der Waals surface area contributed by atoms with Crippen molar-refractivity contribution in [2.45, 2.75) is 44.6 Å². The van der Waals surface area contributed by atoms with E-state index in [4.69, 9.17) is 10.1 Å². The standard InChI is InChI=1S/C16H25N5OS/c1-12(22)10-19-6-8-20(9-7-19)16-18-21-11-14(17-15(21)23-16)13-4-2-3-5-13/h11-13,22H,2-10H2,1H3/t12-/m1/s1. The summed E-state index contributed by atoms with van der Waals surface area (Å²) >= 11 is 1.70. The number of aliphatic hydroxyl groups excluding tert-OH is 1. The van der Waals surface area contributed by atoms with Gasteiger partial charge in [0, 0.05) is 38.6 Å². The van der Waals surface area contributed by atoms with Crippen LogP contribution in [0, 0.1) is 0 Å². The quantitative estimate of drug-likeness (QED) is 0.925. The Bertz CT molecular complexity index is 621. The lowest BCUT2D eigenvalue weighted by atomic mass is 10.1. The molecule has 4 rings (SSSR count). The lowest BCUT2D eigenvalue weighted by molar-refractivity contribution is 0.122. The van der Waals surface area contributed by atoms with Crippen LogP contribution in [0.3, 0.4) is 0 Å². The number of rotatable bonds is 4. The number of nitrogens with zero attached hydrogens (tertiary/aromatic N) is 5. The van der Waals surface area contributed by atoms with Crippen molar-refractivity contribution in [2.24, 2.45) is 0 Å². The van der Waals surface area contributed by atoms with Crippen molar-refractivity contribution < 1.29 is 5.11 Å². The SMILES string of the molecule is C[C@@H](O)CN1CCN(c2nn3cc(C4CCCC4)nc3s2)CC1. The summed E-state index contributed by atoms with van der Waals surface area (Å²) in [6.07, 6.45) is 7.12. The number of hydrogen-bond acceptors (Lipinski definition) is 6. The molecule has 1 saturated carbocycles. The van der Waals surface area contributed by atoms with Crippen LogP contribution >= 0.6 is 11.3 Å². The summed E-state index contributed by atoms with van der Waals surface area (Å²) in [6.45, 7) is 6.53. The Morgan fingerprint density at radius 1 is 1.26 bits per heavy atom. The summed E-state index contributed by atoms with van der Waals surface area (Å²) in [5.41, 5.74) is 1.23. The lowest BCUT2D eigenvalue weighted by Crippen LogP contribution is -2.48. The Hall–Kier alpha value is -1.18. The van der Waals surface area contributed by atoms with Gasteiger partial charge in [-0.15, -0.1) is 5.10 Å². The van der Waals surface area contributed by atoms with E-state index < -0.39 is 0 Å². The van der Waals surface area contributed by atoms with Crippen LogP contribution in [0.15, 0.2) is 6.20 Å². The fourth-order valence-electron chi connectivity index (χ4n) is 3.75. The zero-order valence-corrected chi connectivity index (χ0v) is 14.5. The van der Waals surface area contributed by atoms with E-state index >= 15 is 0 Å². The summed E-state index contributed by atoms with van der Waals surface area (Å²) in [7, 11) is 0. The first-order chi connectivity index (χ1) is 11.2. The molecular formula is C16H25N5OS. The Morgan fingerprint density at radius 3 is 2.65 bits per heavy atom. The normalized spacial score (nSPS) is 22.3. The first-order valence-corrected chi connectivity index (χ1v) is 9.52. The van der Waals surface area contributed by atoms with Gasteiger partial charge in [0.1, 0.15) is 0 Å². The Labute approximate surface area is 140 Å². The number of aliphatic hydroxyl groups is 1. The van der Waals surface area contributed by atoms with Gasteiger partial charge in [0.05, 0.1) is 18.0 Å². The smallest absolute Gasteiger partial charge is 0.214 e. The molecule has 6 nitrogen and oxygen atoms in total. The zero-order valence-electron chi connectivity index (χ0n) is 13.7. The van der Waals surface area contributed by atoms with Crippen molar-refractivity contribution in [3.05, 3.63) is 11.9 Å². The van der Waals surface area contributed by atoms with Gasteiger partial charge in [-0.1, -0.05) is 24.2 Å².